The Kier molecular flexibility index (Phi) is 6.84. The standard InChI is InChI=1S/C14H25NO4/c1-3-11(2)19-10-13(16)15-8-4-5-12(9-15)6-7-14(17)18/h11-12H,3-10H2,1-2H3,(H,17,18). The van der Waals surface area contributed by atoms with Gasteiger partial charge in [0.15, 0.2) is 0 Å². The van der Waals surface area contributed by atoms with Crippen LogP contribution in [-0.2, 0) is 14.3 Å². The van der Waals surface area contributed by atoms with Gasteiger partial charge in [-0.1, -0.05) is 6.92 Å². The molecule has 0 radical (unpaired) electrons. The van der Waals surface area contributed by atoms with Crippen LogP contribution in [0.4, 0.5) is 0 Å². The maximum atomic E-state index is 12.0. The molecule has 1 aliphatic rings. The minimum atomic E-state index is -0.761. The molecule has 2 unspecified atom stereocenters. The van der Waals surface area contributed by atoms with Crippen molar-refractivity contribution in [1.29, 1.82) is 0 Å². The van der Waals surface area contributed by atoms with Crippen molar-refractivity contribution in [2.75, 3.05) is 19.7 Å². The van der Waals surface area contributed by atoms with Crippen LogP contribution in [-0.4, -0.2) is 47.7 Å². The van der Waals surface area contributed by atoms with Crippen LogP contribution in [0, 0.1) is 5.92 Å². The highest BCUT2D eigenvalue weighted by atomic mass is 16.5. The van der Waals surface area contributed by atoms with Crippen LogP contribution < -0.4 is 0 Å². The number of hydrogen-bond acceptors (Lipinski definition) is 3. The molecule has 110 valence electrons. The average Bonchev–Trinajstić information content (AvgIpc) is 2.42. The molecule has 1 rings (SSSR count). The summed E-state index contributed by atoms with van der Waals surface area (Å²) >= 11 is 0. The minimum Gasteiger partial charge on any atom is -0.481 e. The Hall–Kier alpha value is -1.10. The summed E-state index contributed by atoms with van der Waals surface area (Å²) in [6, 6.07) is 0. The van der Waals surface area contributed by atoms with Crippen LogP contribution >= 0.6 is 0 Å². The zero-order valence-corrected chi connectivity index (χ0v) is 11.9. The van der Waals surface area contributed by atoms with Crippen LogP contribution in [0.3, 0.4) is 0 Å². The Labute approximate surface area is 114 Å². The molecule has 0 bridgehead atoms. The summed E-state index contributed by atoms with van der Waals surface area (Å²) in [6.07, 6.45) is 3.83. The van der Waals surface area contributed by atoms with Crippen LogP contribution in [0.5, 0.6) is 0 Å². The molecule has 2 atom stereocenters. The normalized spacial score (nSPS) is 21.2. The lowest BCUT2D eigenvalue weighted by Gasteiger charge is -2.32. The van der Waals surface area contributed by atoms with E-state index in [-0.39, 0.29) is 25.0 Å². The lowest BCUT2D eigenvalue weighted by Crippen LogP contribution is -2.42. The Morgan fingerprint density at radius 3 is 2.84 bits per heavy atom. The van der Waals surface area contributed by atoms with E-state index >= 15 is 0 Å². The molecule has 1 heterocycles. The van der Waals surface area contributed by atoms with Gasteiger partial charge in [0.05, 0.1) is 6.10 Å². The van der Waals surface area contributed by atoms with Crippen LogP contribution in [0.1, 0.15) is 46.0 Å². The van der Waals surface area contributed by atoms with Gasteiger partial charge in [-0.25, -0.2) is 0 Å². The van der Waals surface area contributed by atoms with Crippen molar-refractivity contribution in [3.05, 3.63) is 0 Å². The second-order valence-corrected chi connectivity index (χ2v) is 5.31. The maximum Gasteiger partial charge on any atom is 0.303 e. The molecule has 1 amide bonds. The molecule has 5 nitrogen and oxygen atoms in total. The van der Waals surface area contributed by atoms with E-state index in [1.54, 1.807) is 0 Å². The molecule has 0 aromatic rings. The summed E-state index contributed by atoms with van der Waals surface area (Å²) in [4.78, 5) is 24.4. The largest absolute Gasteiger partial charge is 0.481 e. The Morgan fingerprint density at radius 2 is 2.21 bits per heavy atom. The van der Waals surface area contributed by atoms with E-state index in [0.717, 1.165) is 25.8 Å². The highest BCUT2D eigenvalue weighted by Gasteiger charge is 2.24. The summed E-state index contributed by atoms with van der Waals surface area (Å²) in [6.45, 7) is 5.57. The van der Waals surface area contributed by atoms with E-state index in [0.29, 0.717) is 18.9 Å². The van der Waals surface area contributed by atoms with E-state index in [4.69, 9.17) is 9.84 Å². The van der Waals surface area contributed by atoms with Crippen molar-refractivity contribution in [3.8, 4) is 0 Å². The number of carboxylic acid groups (broad SMARTS) is 1. The summed E-state index contributed by atoms with van der Waals surface area (Å²) < 4.78 is 5.45. The molecule has 19 heavy (non-hydrogen) atoms. The Bertz CT molecular complexity index is 306. The number of aliphatic carboxylic acids is 1. The predicted molar refractivity (Wildman–Crippen MR) is 71.9 cm³/mol. The van der Waals surface area contributed by atoms with E-state index in [9.17, 15) is 9.59 Å². The maximum absolute atomic E-state index is 12.0. The fourth-order valence-corrected chi connectivity index (χ4v) is 2.28. The van der Waals surface area contributed by atoms with E-state index in [1.807, 2.05) is 18.7 Å². The Morgan fingerprint density at radius 1 is 1.47 bits per heavy atom. The van der Waals surface area contributed by atoms with Gasteiger partial charge >= 0.3 is 5.97 Å². The number of amides is 1. The molecular weight excluding hydrogens is 246 g/mol. The van der Waals surface area contributed by atoms with Gasteiger partial charge in [-0.3, -0.25) is 9.59 Å². The third-order valence-electron chi connectivity index (χ3n) is 3.70. The second-order valence-electron chi connectivity index (χ2n) is 5.31. The fraction of sp³-hybridized carbons (Fsp3) is 0.857. The third-order valence-corrected chi connectivity index (χ3v) is 3.70. The number of ether oxygens (including phenoxy) is 1. The summed E-state index contributed by atoms with van der Waals surface area (Å²) in [7, 11) is 0. The highest BCUT2D eigenvalue weighted by molar-refractivity contribution is 5.77. The van der Waals surface area contributed by atoms with Crippen molar-refractivity contribution in [2.45, 2.75) is 52.1 Å². The SMILES string of the molecule is CCC(C)OCC(=O)N1CCCC(CCC(=O)O)C1. The van der Waals surface area contributed by atoms with E-state index in [2.05, 4.69) is 0 Å². The number of nitrogens with zero attached hydrogens (tertiary/aromatic N) is 1. The minimum absolute atomic E-state index is 0.0281. The number of piperidine rings is 1. The molecule has 5 heteroatoms. The molecule has 0 aliphatic carbocycles. The number of likely N-dealkylation sites (tertiary alicyclic amines) is 1. The molecule has 0 saturated carbocycles. The van der Waals surface area contributed by atoms with Crippen molar-refractivity contribution < 1.29 is 19.4 Å². The average molecular weight is 271 g/mol. The van der Waals surface area contributed by atoms with Gasteiger partial charge < -0.3 is 14.7 Å². The van der Waals surface area contributed by atoms with Crippen molar-refractivity contribution in [2.24, 2.45) is 5.92 Å². The van der Waals surface area contributed by atoms with Gasteiger partial charge in [-0.05, 0) is 38.5 Å². The first kappa shape index (κ1) is 16.0. The third kappa shape index (κ3) is 6.05. The monoisotopic (exact) mass is 271 g/mol. The van der Waals surface area contributed by atoms with Crippen LogP contribution in [0.25, 0.3) is 0 Å². The van der Waals surface area contributed by atoms with E-state index < -0.39 is 5.97 Å². The number of rotatable bonds is 7. The van der Waals surface area contributed by atoms with Crippen molar-refractivity contribution in [1.82, 2.24) is 4.90 Å². The van der Waals surface area contributed by atoms with Gasteiger partial charge in [0.25, 0.3) is 0 Å². The number of carboxylic acids is 1. The fourth-order valence-electron chi connectivity index (χ4n) is 2.28. The molecule has 1 saturated heterocycles. The molecule has 0 spiro atoms. The second kappa shape index (κ2) is 8.15. The molecule has 1 fully saturated rings. The smallest absolute Gasteiger partial charge is 0.303 e. The summed E-state index contributed by atoms with van der Waals surface area (Å²) in [5, 5.41) is 8.69. The number of hydrogen-bond donors (Lipinski definition) is 1. The molecule has 1 N–H and O–H groups in total. The molecule has 0 aromatic heterocycles. The zero-order chi connectivity index (χ0) is 14.3. The van der Waals surface area contributed by atoms with Gasteiger partial charge in [0.2, 0.25) is 5.91 Å². The van der Waals surface area contributed by atoms with E-state index in [1.165, 1.54) is 0 Å². The van der Waals surface area contributed by atoms with Crippen LogP contribution in [0.15, 0.2) is 0 Å². The lowest BCUT2D eigenvalue weighted by atomic mass is 9.93. The Balaban J connectivity index is 2.32. The van der Waals surface area contributed by atoms with Crippen molar-refractivity contribution >= 4 is 11.9 Å². The van der Waals surface area contributed by atoms with Gasteiger partial charge in [-0.2, -0.15) is 0 Å². The lowest BCUT2D eigenvalue weighted by molar-refractivity contribution is -0.140. The zero-order valence-electron chi connectivity index (χ0n) is 11.9. The van der Waals surface area contributed by atoms with Gasteiger partial charge in [0.1, 0.15) is 6.61 Å². The topological polar surface area (TPSA) is 66.8 Å². The van der Waals surface area contributed by atoms with Gasteiger partial charge in [0, 0.05) is 19.5 Å². The first-order chi connectivity index (χ1) is 9.02. The molecular formula is C14H25NO4. The first-order valence-electron chi connectivity index (χ1n) is 7.14. The highest BCUT2D eigenvalue weighted by Crippen LogP contribution is 2.21. The quantitative estimate of drug-likeness (QED) is 0.768. The summed E-state index contributed by atoms with van der Waals surface area (Å²) in [5.74, 6) is -0.415. The predicted octanol–water partition coefficient (Wildman–Crippen LogP) is 1.90. The van der Waals surface area contributed by atoms with Crippen LogP contribution in [0.2, 0.25) is 0 Å². The molecule has 1 aliphatic heterocycles. The number of carbonyl (C=O) groups is 2. The first-order valence-corrected chi connectivity index (χ1v) is 7.14. The molecule has 0 aromatic carbocycles. The van der Waals surface area contributed by atoms with Gasteiger partial charge in [-0.15, -0.1) is 0 Å². The summed E-state index contributed by atoms with van der Waals surface area (Å²) in [5.41, 5.74) is 0. The number of carbonyl (C=O) groups excluding carboxylic acids is 1. The van der Waals surface area contributed by atoms with Crippen molar-refractivity contribution in [3.63, 3.8) is 0 Å².